The molecule has 0 unspecified atom stereocenters. The SMILES string of the molecule is COC1CC(NCCCCN(C)C)C1. The zero-order valence-corrected chi connectivity index (χ0v) is 9.75. The predicted octanol–water partition coefficient (Wildman–Crippen LogP) is 1.10. The summed E-state index contributed by atoms with van der Waals surface area (Å²) in [5.74, 6) is 0. The first kappa shape index (κ1) is 12.0. The van der Waals surface area contributed by atoms with Gasteiger partial charge >= 0.3 is 0 Å². The third kappa shape index (κ3) is 4.40. The summed E-state index contributed by atoms with van der Waals surface area (Å²) in [6.07, 6.45) is 5.50. The number of methoxy groups -OCH3 is 1. The Hall–Kier alpha value is -0.120. The Kier molecular flexibility index (Phi) is 5.45. The normalized spacial score (nSPS) is 26.6. The molecule has 1 N–H and O–H groups in total. The van der Waals surface area contributed by atoms with E-state index in [0.717, 1.165) is 12.6 Å². The minimum atomic E-state index is 0.522. The molecule has 0 aliphatic heterocycles. The standard InChI is InChI=1S/C11H24N2O/c1-13(2)7-5-4-6-12-10-8-11(9-10)14-3/h10-12H,4-9H2,1-3H3. The van der Waals surface area contributed by atoms with E-state index in [-0.39, 0.29) is 0 Å². The van der Waals surface area contributed by atoms with E-state index in [1.165, 1.54) is 32.2 Å². The van der Waals surface area contributed by atoms with E-state index in [1.807, 2.05) is 0 Å². The maximum atomic E-state index is 5.23. The van der Waals surface area contributed by atoms with Crippen LogP contribution in [0.4, 0.5) is 0 Å². The number of hydrogen-bond acceptors (Lipinski definition) is 3. The van der Waals surface area contributed by atoms with E-state index < -0.39 is 0 Å². The maximum absolute atomic E-state index is 5.23. The summed E-state index contributed by atoms with van der Waals surface area (Å²) in [5.41, 5.74) is 0. The van der Waals surface area contributed by atoms with Crippen molar-refractivity contribution in [2.45, 2.75) is 37.8 Å². The van der Waals surface area contributed by atoms with Crippen LogP contribution in [0.3, 0.4) is 0 Å². The van der Waals surface area contributed by atoms with Gasteiger partial charge in [0.25, 0.3) is 0 Å². The van der Waals surface area contributed by atoms with Crippen LogP contribution >= 0.6 is 0 Å². The van der Waals surface area contributed by atoms with E-state index in [1.54, 1.807) is 7.11 Å². The molecule has 0 atom stereocenters. The highest BCUT2D eigenvalue weighted by atomic mass is 16.5. The summed E-state index contributed by atoms with van der Waals surface area (Å²) in [4.78, 5) is 2.24. The summed E-state index contributed by atoms with van der Waals surface area (Å²) in [5, 5.41) is 3.56. The van der Waals surface area contributed by atoms with Crippen LogP contribution in [0.1, 0.15) is 25.7 Å². The van der Waals surface area contributed by atoms with Gasteiger partial charge in [-0.3, -0.25) is 0 Å². The Morgan fingerprint density at radius 3 is 2.57 bits per heavy atom. The Morgan fingerprint density at radius 1 is 1.29 bits per heavy atom. The molecule has 1 fully saturated rings. The Balaban J connectivity index is 1.81. The molecule has 1 aliphatic carbocycles. The van der Waals surface area contributed by atoms with E-state index in [9.17, 15) is 0 Å². The number of ether oxygens (including phenoxy) is 1. The highest BCUT2D eigenvalue weighted by Crippen LogP contribution is 2.22. The minimum absolute atomic E-state index is 0.522. The number of nitrogens with zero attached hydrogens (tertiary/aromatic N) is 1. The summed E-state index contributed by atoms with van der Waals surface area (Å²) < 4.78 is 5.23. The molecule has 0 heterocycles. The molecule has 1 rings (SSSR count). The fourth-order valence-electron chi connectivity index (χ4n) is 1.78. The second-order valence-corrected chi connectivity index (χ2v) is 4.49. The third-order valence-corrected chi connectivity index (χ3v) is 2.89. The third-order valence-electron chi connectivity index (χ3n) is 2.89. The maximum Gasteiger partial charge on any atom is 0.0601 e. The predicted molar refractivity (Wildman–Crippen MR) is 59.6 cm³/mol. The van der Waals surface area contributed by atoms with E-state index in [4.69, 9.17) is 4.74 Å². The van der Waals surface area contributed by atoms with Crippen molar-refractivity contribution in [2.75, 3.05) is 34.3 Å². The highest BCUT2D eigenvalue weighted by Gasteiger charge is 2.27. The highest BCUT2D eigenvalue weighted by molar-refractivity contribution is 4.85. The van der Waals surface area contributed by atoms with Gasteiger partial charge in [-0.2, -0.15) is 0 Å². The molecule has 0 aromatic rings. The van der Waals surface area contributed by atoms with Crippen molar-refractivity contribution in [3.05, 3.63) is 0 Å². The minimum Gasteiger partial charge on any atom is -0.381 e. The topological polar surface area (TPSA) is 24.5 Å². The van der Waals surface area contributed by atoms with Gasteiger partial charge in [0.05, 0.1) is 6.10 Å². The number of nitrogens with one attached hydrogen (secondary N) is 1. The Bertz CT molecular complexity index is 144. The first-order valence-corrected chi connectivity index (χ1v) is 5.63. The van der Waals surface area contributed by atoms with E-state index in [2.05, 4.69) is 24.3 Å². The first-order chi connectivity index (χ1) is 6.72. The van der Waals surface area contributed by atoms with Crippen molar-refractivity contribution >= 4 is 0 Å². The largest absolute Gasteiger partial charge is 0.381 e. The average molecular weight is 200 g/mol. The molecule has 1 aliphatic rings. The number of hydrogen-bond donors (Lipinski definition) is 1. The average Bonchev–Trinajstić information content (AvgIpc) is 2.07. The molecular formula is C11H24N2O. The van der Waals surface area contributed by atoms with Crippen LogP contribution in [0.25, 0.3) is 0 Å². The van der Waals surface area contributed by atoms with Crippen molar-refractivity contribution < 1.29 is 4.74 Å². The summed E-state index contributed by atoms with van der Waals surface area (Å²) in [7, 11) is 6.06. The molecule has 0 spiro atoms. The Morgan fingerprint density at radius 2 is 2.00 bits per heavy atom. The lowest BCUT2D eigenvalue weighted by Crippen LogP contribution is -2.45. The van der Waals surface area contributed by atoms with Crippen LogP contribution in [-0.4, -0.2) is 51.3 Å². The molecule has 1 saturated carbocycles. The van der Waals surface area contributed by atoms with Crippen molar-refractivity contribution in [3.63, 3.8) is 0 Å². The van der Waals surface area contributed by atoms with Gasteiger partial charge in [0, 0.05) is 13.2 Å². The van der Waals surface area contributed by atoms with Gasteiger partial charge in [-0.15, -0.1) is 0 Å². The van der Waals surface area contributed by atoms with Crippen LogP contribution in [0.15, 0.2) is 0 Å². The number of unbranched alkanes of at least 4 members (excludes halogenated alkanes) is 1. The monoisotopic (exact) mass is 200 g/mol. The quantitative estimate of drug-likeness (QED) is 0.623. The lowest BCUT2D eigenvalue weighted by atomic mass is 9.89. The molecular weight excluding hydrogens is 176 g/mol. The lowest BCUT2D eigenvalue weighted by Gasteiger charge is -2.34. The van der Waals surface area contributed by atoms with Gasteiger partial charge in [-0.1, -0.05) is 0 Å². The van der Waals surface area contributed by atoms with Crippen molar-refractivity contribution in [1.29, 1.82) is 0 Å². The number of rotatable bonds is 7. The molecule has 14 heavy (non-hydrogen) atoms. The van der Waals surface area contributed by atoms with Crippen LogP contribution in [0, 0.1) is 0 Å². The van der Waals surface area contributed by atoms with Crippen LogP contribution in [0.5, 0.6) is 0 Å². The molecule has 0 aromatic carbocycles. The zero-order chi connectivity index (χ0) is 10.4. The van der Waals surface area contributed by atoms with Gasteiger partial charge in [-0.25, -0.2) is 0 Å². The van der Waals surface area contributed by atoms with Crippen LogP contribution < -0.4 is 5.32 Å². The smallest absolute Gasteiger partial charge is 0.0601 e. The molecule has 84 valence electrons. The van der Waals surface area contributed by atoms with Gasteiger partial charge in [0.1, 0.15) is 0 Å². The van der Waals surface area contributed by atoms with E-state index in [0.29, 0.717) is 6.10 Å². The molecule has 0 saturated heterocycles. The van der Waals surface area contributed by atoms with Crippen LogP contribution in [0.2, 0.25) is 0 Å². The van der Waals surface area contributed by atoms with Gasteiger partial charge in [-0.05, 0) is 52.9 Å². The summed E-state index contributed by atoms with van der Waals surface area (Å²) in [6.45, 7) is 2.36. The van der Waals surface area contributed by atoms with Gasteiger partial charge in [0.2, 0.25) is 0 Å². The van der Waals surface area contributed by atoms with E-state index >= 15 is 0 Å². The Labute approximate surface area is 87.8 Å². The fraction of sp³-hybridized carbons (Fsp3) is 1.00. The van der Waals surface area contributed by atoms with Gasteiger partial charge < -0.3 is 15.0 Å². The molecule has 0 amide bonds. The van der Waals surface area contributed by atoms with Crippen molar-refractivity contribution in [2.24, 2.45) is 0 Å². The summed E-state index contributed by atoms with van der Waals surface area (Å²) >= 11 is 0. The van der Waals surface area contributed by atoms with Crippen molar-refractivity contribution in [3.8, 4) is 0 Å². The molecule has 3 heteroatoms. The van der Waals surface area contributed by atoms with Crippen LogP contribution in [-0.2, 0) is 4.74 Å². The molecule has 0 radical (unpaired) electrons. The molecule has 3 nitrogen and oxygen atoms in total. The summed E-state index contributed by atoms with van der Waals surface area (Å²) in [6, 6.07) is 0.722. The second kappa shape index (κ2) is 6.38. The lowest BCUT2D eigenvalue weighted by molar-refractivity contribution is 0.0175. The molecule has 0 aromatic heterocycles. The molecule has 0 bridgehead atoms. The van der Waals surface area contributed by atoms with Gasteiger partial charge in [0.15, 0.2) is 0 Å². The fourth-order valence-corrected chi connectivity index (χ4v) is 1.78. The first-order valence-electron chi connectivity index (χ1n) is 5.63. The zero-order valence-electron chi connectivity index (χ0n) is 9.75. The second-order valence-electron chi connectivity index (χ2n) is 4.49. The van der Waals surface area contributed by atoms with Crippen molar-refractivity contribution in [1.82, 2.24) is 10.2 Å².